The highest BCUT2D eigenvalue weighted by molar-refractivity contribution is 5.17. The van der Waals surface area contributed by atoms with Crippen LogP contribution in [0.5, 0.6) is 0 Å². The first-order valence-corrected chi connectivity index (χ1v) is 5.11. The number of aromatic amines is 1. The summed E-state index contributed by atoms with van der Waals surface area (Å²) in [6, 6.07) is 9.68. The minimum atomic E-state index is -0.251. The van der Waals surface area contributed by atoms with Gasteiger partial charge in [-0.05, 0) is 12.0 Å². The molecule has 0 bridgehead atoms. The third-order valence-corrected chi connectivity index (χ3v) is 2.33. The fraction of sp³-hybridized carbons (Fsp3) is 0.273. The molecule has 2 aromatic rings. The van der Waals surface area contributed by atoms with Crippen LogP contribution in [-0.2, 0) is 13.0 Å². The van der Waals surface area contributed by atoms with E-state index in [0.29, 0.717) is 18.1 Å². The molecule has 0 radical (unpaired) electrons. The third-order valence-electron chi connectivity index (χ3n) is 2.33. The Morgan fingerprint density at radius 3 is 2.69 bits per heavy atom. The molecule has 1 heterocycles. The van der Waals surface area contributed by atoms with Crippen molar-refractivity contribution >= 4 is 0 Å². The molecule has 1 atom stereocenters. The van der Waals surface area contributed by atoms with Crippen LogP contribution in [0.1, 0.15) is 23.3 Å². The SMILES string of the molecule is NC(Cc1ccccc1)c1n[nH]c(CO)n1. The second-order valence-electron chi connectivity index (χ2n) is 3.59. The number of nitrogens with one attached hydrogen (secondary N) is 1. The lowest BCUT2D eigenvalue weighted by molar-refractivity contribution is 0.271. The van der Waals surface area contributed by atoms with Gasteiger partial charge in [-0.2, -0.15) is 5.10 Å². The molecule has 0 spiro atoms. The largest absolute Gasteiger partial charge is 0.388 e. The van der Waals surface area contributed by atoms with Crippen molar-refractivity contribution in [1.29, 1.82) is 0 Å². The third kappa shape index (κ3) is 2.44. The van der Waals surface area contributed by atoms with Crippen LogP contribution in [0.4, 0.5) is 0 Å². The van der Waals surface area contributed by atoms with E-state index in [2.05, 4.69) is 15.2 Å². The number of nitrogens with two attached hydrogens (primary N) is 1. The van der Waals surface area contributed by atoms with Crippen LogP contribution in [0.2, 0.25) is 0 Å². The Labute approximate surface area is 93.3 Å². The van der Waals surface area contributed by atoms with Crippen LogP contribution in [0.3, 0.4) is 0 Å². The minimum absolute atomic E-state index is 0.148. The second kappa shape index (κ2) is 4.87. The molecule has 0 aliphatic rings. The molecule has 0 amide bonds. The molecule has 5 nitrogen and oxygen atoms in total. The van der Waals surface area contributed by atoms with E-state index in [9.17, 15) is 0 Å². The molecular weight excluding hydrogens is 204 g/mol. The van der Waals surface area contributed by atoms with Gasteiger partial charge in [0.1, 0.15) is 12.4 Å². The zero-order valence-corrected chi connectivity index (χ0v) is 8.80. The average molecular weight is 218 g/mol. The van der Waals surface area contributed by atoms with Crippen LogP contribution in [0, 0.1) is 0 Å². The van der Waals surface area contributed by atoms with Gasteiger partial charge in [0.05, 0.1) is 6.04 Å². The summed E-state index contributed by atoms with van der Waals surface area (Å²) in [6.45, 7) is -0.148. The highest BCUT2D eigenvalue weighted by Crippen LogP contribution is 2.12. The normalized spacial score (nSPS) is 12.6. The van der Waals surface area contributed by atoms with Gasteiger partial charge in [-0.25, -0.2) is 4.98 Å². The summed E-state index contributed by atoms with van der Waals surface area (Å²) in [4.78, 5) is 4.08. The Morgan fingerprint density at radius 2 is 2.06 bits per heavy atom. The molecule has 0 saturated heterocycles. The highest BCUT2D eigenvalue weighted by Gasteiger charge is 2.12. The van der Waals surface area contributed by atoms with Gasteiger partial charge >= 0.3 is 0 Å². The molecule has 16 heavy (non-hydrogen) atoms. The fourth-order valence-electron chi connectivity index (χ4n) is 1.51. The van der Waals surface area contributed by atoms with E-state index in [4.69, 9.17) is 10.8 Å². The van der Waals surface area contributed by atoms with Crippen LogP contribution >= 0.6 is 0 Å². The van der Waals surface area contributed by atoms with Crippen molar-refractivity contribution in [2.45, 2.75) is 19.1 Å². The Kier molecular flexibility index (Phi) is 3.28. The van der Waals surface area contributed by atoms with Crippen molar-refractivity contribution in [1.82, 2.24) is 15.2 Å². The fourth-order valence-corrected chi connectivity index (χ4v) is 1.51. The summed E-state index contributed by atoms with van der Waals surface area (Å²) >= 11 is 0. The Hall–Kier alpha value is -1.72. The van der Waals surface area contributed by atoms with Crippen molar-refractivity contribution < 1.29 is 5.11 Å². The van der Waals surface area contributed by atoms with Crippen molar-refractivity contribution in [3.05, 3.63) is 47.5 Å². The molecule has 0 aliphatic heterocycles. The van der Waals surface area contributed by atoms with E-state index in [1.165, 1.54) is 0 Å². The van der Waals surface area contributed by atoms with Gasteiger partial charge in [0.15, 0.2) is 5.82 Å². The first kappa shape index (κ1) is 10.8. The Morgan fingerprint density at radius 1 is 1.31 bits per heavy atom. The summed E-state index contributed by atoms with van der Waals surface area (Å²) in [6.07, 6.45) is 0.684. The number of aliphatic hydroxyl groups excluding tert-OH is 1. The topological polar surface area (TPSA) is 87.8 Å². The predicted octanol–water partition coefficient (Wildman–Crippen LogP) is 0.539. The first-order valence-electron chi connectivity index (χ1n) is 5.11. The monoisotopic (exact) mass is 218 g/mol. The number of hydrogen-bond donors (Lipinski definition) is 3. The molecule has 1 aromatic heterocycles. The van der Waals surface area contributed by atoms with E-state index in [0.717, 1.165) is 5.56 Å². The van der Waals surface area contributed by atoms with Gasteiger partial charge in [-0.1, -0.05) is 30.3 Å². The zero-order chi connectivity index (χ0) is 11.4. The van der Waals surface area contributed by atoms with Gasteiger partial charge in [0, 0.05) is 0 Å². The second-order valence-corrected chi connectivity index (χ2v) is 3.59. The van der Waals surface area contributed by atoms with Crippen molar-refractivity contribution in [2.24, 2.45) is 5.73 Å². The number of nitrogens with zero attached hydrogens (tertiary/aromatic N) is 2. The van der Waals surface area contributed by atoms with E-state index in [1.54, 1.807) is 0 Å². The standard InChI is InChI=1S/C11H14N4O/c12-9(6-8-4-2-1-3-5-8)11-13-10(7-16)14-15-11/h1-5,9,16H,6-7,12H2,(H,13,14,15). The maximum absolute atomic E-state index is 8.85. The van der Waals surface area contributed by atoms with Gasteiger partial charge in [-0.3, -0.25) is 5.10 Å². The predicted molar refractivity (Wildman–Crippen MR) is 59.4 cm³/mol. The van der Waals surface area contributed by atoms with E-state index >= 15 is 0 Å². The highest BCUT2D eigenvalue weighted by atomic mass is 16.3. The minimum Gasteiger partial charge on any atom is -0.388 e. The van der Waals surface area contributed by atoms with E-state index in [-0.39, 0.29) is 12.6 Å². The van der Waals surface area contributed by atoms with E-state index < -0.39 is 0 Å². The summed E-state index contributed by atoms with van der Waals surface area (Å²) < 4.78 is 0. The number of aliphatic hydroxyl groups is 1. The van der Waals surface area contributed by atoms with Gasteiger partial charge < -0.3 is 10.8 Å². The first-order chi connectivity index (χ1) is 7.79. The smallest absolute Gasteiger partial charge is 0.167 e. The number of hydrogen-bond acceptors (Lipinski definition) is 4. The van der Waals surface area contributed by atoms with Crippen LogP contribution < -0.4 is 5.73 Å². The quantitative estimate of drug-likeness (QED) is 0.699. The van der Waals surface area contributed by atoms with E-state index in [1.807, 2.05) is 30.3 Å². The lowest BCUT2D eigenvalue weighted by Crippen LogP contribution is -2.15. The van der Waals surface area contributed by atoms with Gasteiger partial charge in [0.2, 0.25) is 0 Å². The molecule has 4 N–H and O–H groups in total. The number of aromatic nitrogens is 3. The summed E-state index contributed by atoms with van der Waals surface area (Å²) in [5.41, 5.74) is 7.11. The van der Waals surface area contributed by atoms with Gasteiger partial charge in [0.25, 0.3) is 0 Å². The molecule has 5 heteroatoms. The molecule has 1 unspecified atom stereocenters. The molecule has 0 fully saturated rings. The molecule has 84 valence electrons. The van der Waals surface area contributed by atoms with Crippen LogP contribution in [0.15, 0.2) is 30.3 Å². The Balaban J connectivity index is 2.05. The molecule has 2 rings (SSSR count). The number of H-pyrrole nitrogens is 1. The molecule has 0 saturated carbocycles. The van der Waals surface area contributed by atoms with Crippen molar-refractivity contribution in [3.63, 3.8) is 0 Å². The molecule has 0 aliphatic carbocycles. The summed E-state index contributed by atoms with van der Waals surface area (Å²) in [5.74, 6) is 0.978. The maximum Gasteiger partial charge on any atom is 0.167 e. The molecule has 1 aromatic carbocycles. The summed E-state index contributed by atoms with van der Waals surface area (Å²) in [5, 5.41) is 15.4. The maximum atomic E-state index is 8.85. The summed E-state index contributed by atoms with van der Waals surface area (Å²) in [7, 11) is 0. The average Bonchev–Trinajstić information content (AvgIpc) is 2.79. The zero-order valence-electron chi connectivity index (χ0n) is 8.80. The Bertz CT molecular complexity index is 440. The van der Waals surface area contributed by atoms with Crippen molar-refractivity contribution in [3.8, 4) is 0 Å². The lowest BCUT2D eigenvalue weighted by atomic mass is 10.1. The van der Waals surface area contributed by atoms with Crippen LogP contribution in [0.25, 0.3) is 0 Å². The van der Waals surface area contributed by atoms with Gasteiger partial charge in [-0.15, -0.1) is 0 Å². The molecular formula is C11H14N4O. The number of benzene rings is 1. The van der Waals surface area contributed by atoms with Crippen molar-refractivity contribution in [2.75, 3.05) is 0 Å². The lowest BCUT2D eigenvalue weighted by Gasteiger charge is -2.06. The number of rotatable bonds is 4. The van der Waals surface area contributed by atoms with Crippen LogP contribution in [-0.4, -0.2) is 20.3 Å².